The maximum atomic E-state index is 11.7. The minimum Gasteiger partial charge on any atom is -0.352 e. The zero-order valence-electron chi connectivity index (χ0n) is 12.2. The van der Waals surface area contributed by atoms with E-state index in [9.17, 15) is 9.59 Å². The number of hydrogen-bond donors (Lipinski definition) is 3. The summed E-state index contributed by atoms with van der Waals surface area (Å²) in [7, 11) is 0. The fraction of sp³-hybridized carbons (Fsp3) is 0.467. The third-order valence-corrected chi connectivity index (χ3v) is 2.74. The van der Waals surface area contributed by atoms with Crippen molar-refractivity contribution in [1.82, 2.24) is 10.6 Å². The summed E-state index contributed by atoms with van der Waals surface area (Å²) < 4.78 is 0. The number of hydrogen-bond acceptors (Lipinski definition) is 3. The molecule has 0 unspecified atom stereocenters. The number of anilines is 1. The zero-order valence-corrected chi connectivity index (χ0v) is 12.2. The van der Waals surface area contributed by atoms with E-state index in [4.69, 9.17) is 0 Å². The number of carbonyl (C=O) groups excluding carboxylic acids is 2. The van der Waals surface area contributed by atoms with Crippen LogP contribution in [0.1, 0.15) is 37.0 Å². The first-order valence-corrected chi connectivity index (χ1v) is 7.06. The second-order valence-corrected chi connectivity index (χ2v) is 4.52. The number of carbonyl (C=O) groups is 2. The summed E-state index contributed by atoms with van der Waals surface area (Å²) in [6.45, 7) is 5.67. The van der Waals surface area contributed by atoms with Gasteiger partial charge in [0.05, 0.1) is 6.54 Å². The first-order chi connectivity index (χ1) is 9.67. The number of benzene rings is 1. The summed E-state index contributed by atoms with van der Waals surface area (Å²) in [5, 5.41) is 8.57. The van der Waals surface area contributed by atoms with Crippen LogP contribution in [-0.2, 0) is 4.79 Å². The lowest BCUT2D eigenvalue weighted by atomic mass is 10.2. The maximum absolute atomic E-state index is 11.7. The Kier molecular flexibility index (Phi) is 7.35. The lowest BCUT2D eigenvalue weighted by Crippen LogP contribution is -2.29. The zero-order chi connectivity index (χ0) is 14.8. The highest BCUT2D eigenvalue weighted by molar-refractivity contribution is 5.97. The average Bonchev–Trinajstić information content (AvgIpc) is 2.44. The van der Waals surface area contributed by atoms with Crippen LogP contribution in [-0.4, -0.2) is 31.4 Å². The molecule has 0 saturated carbocycles. The van der Waals surface area contributed by atoms with Crippen molar-refractivity contribution in [2.24, 2.45) is 0 Å². The van der Waals surface area contributed by atoms with E-state index in [1.165, 1.54) is 0 Å². The highest BCUT2D eigenvalue weighted by Gasteiger charge is 2.06. The van der Waals surface area contributed by atoms with E-state index < -0.39 is 0 Å². The van der Waals surface area contributed by atoms with E-state index in [0.29, 0.717) is 17.8 Å². The van der Waals surface area contributed by atoms with Crippen LogP contribution in [0.2, 0.25) is 0 Å². The largest absolute Gasteiger partial charge is 0.352 e. The molecule has 0 heterocycles. The van der Waals surface area contributed by atoms with Crippen molar-refractivity contribution in [3.63, 3.8) is 0 Å². The standard InChI is InChI=1S/C15H23N3O2/c1-3-5-9-16-11-14(19)18-13-8-6-7-12(10-13)15(20)17-4-2/h6-8,10,16H,3-5,9,11H2,1-2H3,(H,17,20)(H,18,19). The van der Waals surface area contributed by atoms with Crippen LogP contribution in [0.5, 0.6) is 0 Å². The highest BCUT2D eigenvalue weighted by atomic mass is 16.2. The predicted octanol–water partition coefficient (Wildman–Crippen LogP) is 1.76. The van der Waals surface area contributed by atoms with Gasteiger partial charge < -0.3 is 16.0 Å². The third-order valence-electron chi connectivity index (χ3n) is 2.74. The Labute approximate surface area is 120 Å². The van der Waals surface area contributed by atoms with Crippen LogP contribution >= 0.6 is 0 Å². The van der Waals surface area contributed by atoms with Crippen molar-refractivity contribution < 1.29 is 9.59 Å². The number of rotatable bonds is 8. The Morgan fingerprint density at radius 1 is 1.20 bits per heavy atom. The van der Waals surface area contributed by atoms with E-state index in [1.807, 2.05) is 6.92 Å². The summed E-state index contributed by atoms with van der Waals surface area (Å²) in [6.07, 6.45) is 2.16. The second kappa shape index (κ2) is 9.09. The van der Waals surface area contributed by atoms with Crippen LogP contribution in [0.4, 0.5) is 5.69 Å². The topological polar surface area (TPSA) is 70.2 Å². The van der Waals surface area contributed by atoms with Crippen LogP contribution in [0.3, 0.4) is 0 Å². The van der Waals surface area contributed by atoms with Crippen molar-refractivity contribution >= 4 is 17.5 Å². The van der Waals surface area contributed by atoms with Gasteiger partial charge in [-0.1, -0.05) is 19.4 Å². The first kappa shape index (κ1) is 16.2. The van der Waals surface area contributed by atoms with Gasteiger partial charge in [0.2, 0.25) is 5.91 Å². The lowest BCUT2D eigenvalue weighted by molar-refractivity contribution is -0.115. The minimum atomic E-state index is -0.135. The van der Waals surface area contributed by atoms with Crippen LogP contribution in [0, 0.1) is 0 Å². The number of unbranched alkanes of at least 4 members (excludes halogenated alkanes) is 1. The van der Waals surface area contributed by atoms with Gasteiger partial charge in [-0.05, 0) is 38.1 Å². The Balaban J connectivity index is 2.49. The molecule has 0 aromatic heterocycles. The van der Waals surface area contributed by atoms with Crippen molar-refractivity contribution in [3.05, 3.63) is 29.8 Å². The SMILES string of the molecule is CCCCNCC(=O)Nc1cccc(C(=O)NCC)c1. The monoisotopic (exact) mass is 277 g/mol. The van der Waals surface area contributed by atoms with Gasteiger partial charge in [0.15, 0.2) is 0 Å². The van der Waals surface area contributed by atoms with Crippen molar-refractivity contribution in [2.45, 2.75) is 26.7 Å². The fourth-order valence-corrected chi connectivity index (χ4v) is 1.71. The molecule has 0 bridgehead atoms. The molecule has 110 valence electrons. The molecule has 5 nitrogen and oxygen atoms in total. The summed E-state index contributed by atoms with van der Waals surface area (Å²) in [6, 6.07) is 6.92. The highest BCUT2D eigenvalue weighted by Crippen LogP contribution is 2.10. The molecule has 3 N–H and O–H groups in total. The summed E-state index contributed by atoms with van der Waals surface area (Å²) in [5.74, 6) is -0.237. The first-order valence-electron chi connectivity index (χ1n) is 7.06. The quantitative estimate of drug-likeness (QED) is 0.634. The Hall–Kier alpha value is -1.88. The Morgan fingerprint density at radius 2 is 2.00 bits per heavy atom. The van der Waals surface area contributed by atoms with Crippen LogP contribution in [0.25, 0.3) is 0 Å². The van der Waals surface area contributed by atoms with E-state index in [2.05, 4.69) is 22.9 Å². The van der Waals surface area contributed by atoms with Crippen molar-refractivity contribution in [2.75, 3.05) is 25.0 Å². The van der Waals surface area contributed by atoms with Gasteiger partial charge in [-0.15, -0.1) is 0 Å². The summed E-state index contributed by atoms with van der Waals surface area (Å²) in [5.41, 5.74) is 1.18. The number of nitrogens with one attached hydrogen (secondary N) is 3. The summed E-state index contributed by atoms with van der Waals surface area (Å²) in [4.78, 5) is 23.4. The molecule has 0 atom stereocenters. The molecule has 0 fully saturated rings. The molecule has 0 aliphatic rings. The van der Waals surface area contributed by atoms with Gasteiger partial charge in [-0.2, -0.15) is 0 Å². The molecule has 2 amide bonds. The molecule has 1 rings (SSSR count). The third kappa shape index (κ3) is 5.84. The maximum Gasteiger partial charge on any atom is 0.251 e. The normalized spacial score (nSPS) is 10.1. The van der Waals surface area contributed by atoms with Gasteiger partial charge >= 0.3 is 0 Å². The van der Waals surface area contributed by atoms with Crippen molar-refractivity contribution in [1.29, 1.82) is 0 Å². The predicted molar refractivity (Wildman–Crippen MR) is 80.9 cm³/mol. The molecule has 0 radical (unpaired) electrons. The van der Waals surface area contributed by atoms with Gasteiger partial charge in [0.1, 0.15) is 0 Å². The van der Waals surface area contributed by atoms with Crippen LogP contribution < -0.4 is 16.0 Å². The smallest absolute Gasteiger partial charge is 0.251 e. The van der Waals surface area contributed by atoms with E-state index in [-0.39, 0.29) is 18.4 Å². The molecule has 0 aliphatic carbocycles. The molecule has 0 aliphatic heterocycles. The van der Waals surface area contributed by atoms with E-state index in [1.54, 1.807) is 24.3 Å². The summed E-state index contributed by atoms with van der Waals surface area (Å²) >= 11 is 0. The molecule has 0 saturated heterocycles. The number of amides is 2. The van der Waals surface area contributed by atoms with Gasteiger partial charge in [-0.25, -0.2) is 0 Å². The molecule has 0 spiro atoms. The molecular weight excluding hydrogens is 254 g/mol. The molecular formula is C15H23N3O2. The van der Waals surface area contributed by atoms with Gasteiger partial charge in [-0.3, -0.25) is 9.59 Å². The van der Waals surface area contributed by atoms with E-state index >= 15 is 0 Å². The second-order valence-electron chi connectivity index (χ2n) is 4.52. The molecule has 5 heteroatoms. The van der Waals surface area contributed by atoms with Gasteiger partial charge in [0.25, 0.3) is 5.91 Å². The lowest BCUT2D eigenvalue weighted by Gasteiger charge is -2.08. The van der Waals surface area contributed by atoms with Crippen molar-refractivity contribution in [3.8, 4) is 0 Å². The molecule has 20 heavy (non-hydrogen) atoms. The average molecular weight is 277 g/mol. The van der Waals surface area contributed by atoms with Crippen LogP contribution in [0.15, 0.2) is 24.3 Å². The Bertz CT molecular complexity index is 446. The van der Waals surface area contributed by atoms with E-state index in [0.717, 1.165) is 19.4 Å². The molecule has 1 aromatic rings. The minimum absolute atomic E-state index is 0.103. The Morgan fingerprint density at radius 3 is 2.70 bits per heavy atom. The molecule has 1 aromatic carbocycles. The van der Waals surface area contributed by atoms with Gasteiger partial charge in [0, 0.05) is 17.8 Å². The fourth-order valence-electron chi connectivity index (χ4n) is 1.71.